The molecule has 1 atom stereocenters. The molecule has 1 saturated heterocycles. The highest BCUT2D eigenvalue weighted by molar-refractivity contribution is 6.12. The van der Waals surface area contributed by atoms with Crippen molar-refractivity contribution in [2.24, 2.45) is 5.92 Å². The van der Waals surface area contributed by atoms with Gasteiger partial charge in [-0.1, -0.05) is 12.1 Å². The molecule has 3 amide bonds. The van der Waals surface area contributed by atoms with Crippen LogP contribution in [-0.4, -0.2) is 39.0 Å². The van der Waals surface area contributed by atoms with Gasteiger partial charge >= 0.3 is 23.9 Å². The van der Waals surface area contributed by atoms with E-state index in [2.05, 4.69) is 0 Å². The molecule has 35 heavy (non-hydrogen) atoms. The number of carboxylic acids is 1. The van der Waals surface area contributed by atoms with E-state index in [4.69, 9.17) is 4.42 Å². The van der Waals surface area contributed by atoms with Crippen LogP contribution < -0.4 is 10.7 Å². The molecule has 1 aromatic heterocycles. The number of carboxylic acid groups (broad SMARTS) is 1. The number of amides is 3. The van der Waals surface area contributed by atoms with Gasteiger partial charge in [0.25, 0.3) is 0 Å². The minimum atomic E-state index is -4.64. The molecule has 0 saturated carbocycles. The second-order valence-corrected chi connectivity index (χ2v) is 8.06. The Morgan fingerprint density at radius 1 is 1.17 bits per heavy atom. The fraction of sp³-hybridized carbons (Fsp3) is 0.304. The maximum Gasteiger partial charge on any atom is 0.419 e. The number of aliphatic carboxylic acids is 1. The molecule has 0 radical (unpaired) electrons. The maximum atomic E-state index is 13.3. The third-order valence-electron chi connectivity index (χ3n) is 6.05. The normalized spacial score (nSPS) is 16.9. The van der Waals surface area contributed by atoms with E-state index in [1.165, 1.54) is 35.8 Å². The highest BCUT2D eigenvalue weighted by atomic mass is 19.4. The van der Waals surface area contributed by atoms with Gasteiger partial charge in [-0.15, -0.1) is 0 Å². The van der Waals surface area contributed by atoms with Crippen molar-refractivity contribution in [1.29, 1.82) is 0 Å². The molecule has 1 aliphatic rings. The van der Waals surface area contributed by atoms with Crippen LogP contribution in [0.3, 0.4) is 0 Å². The zero-order chi connectivity index (χ0) is 25.7. The lowest BCUT2D eigenvalue weighted by Gasteiger charge is -2.37. The summed E-state index contributed by atoms with van der Waals surface area (Å²) < 4.78 is 46.6. The quantitative estimate of drug-likeness (QED) is 0.546. The Bertz CT molecular complexity index is 1410. The van der Waals surface area contributed by atoms with Crippen LogP contribution in [0.4, 0.5) is 23.7 Å². The van der Waals surface area contributed by atoms with Gasteiger partial charge in [-0.3, -0.25) is 24.0 Å². The Balaban J connectivity index is 1.75. The first kappa shape index (κ1) is 24.0. The van der Waals surface area contributed by atoms with Gasteiger partial charge in [-0.2, -0.15) is 13.2 Å². The summed E-state index contributed by atoms with van der Waals surface area (Å²) in [6.45, 7) is 2.27. The number of fused-ring (bicyclic) bond motifs is 1. The number of aromatic nitrogens is 1. The Labute approximate surface area is 195 Å². The molecule has 4 rings (SSSR count). The lowest BCUT2D eigenvalue weighted by Crippen LogP contribution is -2.58. The van der Waals surface area contributed by atoms with Crippen molar-refractivity contribution >= 4 is 34.7 Å². The van der Waals surface area contributed by atoms with Crippen LogP contribution in [0.15, 0.2) is 45.6 Å². The average molecular weight is 491 g/mol. The Morgan fingerprint density at radius 3 is 2.51 bits per heavy atom. The number of anilines is 1. The largest absolute Gasteiger partial charge is 0.481 e. The fourth-order valence-corrected chi connectivity index (χ4v) is 4.17. The minimum Gasteiger partial charge on any atom is -0.481 e. The lowest BCUT2D eigenvalue weighted by molar-refractivity contribution is -0.150. The summed E-state index contributed by atoms with van der Waals surface area (Å²) in [5.41, 5.74) is -0.245. The second-order valence-electron chi connectivity index (χ2n) is 8.06. The molecular formula is C23H20F3N3O6. The molecule has 2 heterocycles. The standard InChI is InChI=1S/C23H20F3N3O6/c1-3-27-17-8-7-14(9-18(17)35-22(27)34)28-11-15(20(31)32)19(30)29(21(28)33)10-13-5-4-6-16(12(13)2)23(24,25)26/h4-9,15H,3,10-11H2,1-2H3,(H,31,32). The molecule has 184 valence electrons. The van der Waals surface area contributed by atoms with Gasteiger partial charge in [0, 0.05) is 24.8 Å². The first-order chi connectivity index (χ1) is 16.4. The summed E-state index contributed by atoms with van der Waals surface area (Å²) in [5, 5.41) is 9.59. The molecule has 1 N–H and O–H groups in total. The summed E-state index contributed by atoms with van der Waals surface area (Å²) in [6, 6.07) is 6.86. The first-order valence-corrected chi connectivity index (χ1v) is 10.6. The van der Waals surface area contributed by atoms with Crippen LogP contribution in [0.1, 0.15) is 23.6 Å². The number of rotatable bonds is 5. The SMILES string of the molecule is CCn1c(=O)oc2cc(N3CC(C(=O)O)C(=O)N(Cc4cccc(C(F)(F)F)c4C)C3=O)ccc21. The molecule has 9 nitrogen and oxygen atoms in total. The number of oxazole rings is 1. The van der Waals surface area contributed by atoms with Crippen molar-refractivity contribution in [2.45, 2.75) is 33.1 Å². The molecular weight excluding hydrogens is 471 g/mol. The number of carbonyl (C=O) groups is 3. The lowest BCUT2D eigenvalue weighted by atomic mass is 9.99. The smallest absolute Gasteiger partial charge is 0.419 e. The summed E-state index contributed by atoms with van der Waals surface area (Å²) >= 11 is 0. The number of imide groups is 1. The van der Waals surface area contributed by atoms with E-state index in [1.54, 1.807) is 6.92 Å². The number of nitrogens with zero attached hydrogens (tertiary/aromatic N) is 3. The van der Waals surface area contributed by atoms with Crippen LogP contribution in [0.5, 0.6) is 0 Å². The van der Waals surface area contributed by atoms with E-state index < -0.39 is 54.4 Å². The summed E-state index contributed by atoms with van der Waals surface area (Å²) in [4.78, 5) is 51.6. The Morgan fingerprint density at radius 2 is 1.89 bits per heavy atom. The number of alkyl halides is 3. The van der Waals surface area contributed by atoms with Crippen molar-refractivity contribution in [2.75, 3.05) is 11.4 Å². The zero-order valence-corrected chi connectivity index (χ0v) is 18.6. The molecule has 1 aliphatic heterocycles. The van der Waals surface area contributed by atoms with E-state index >= 15 is 0 Å². The number of carbonyl (C=O) groups excluding carboxylic acids is 2. The Hall–Kier alpha value is -4.09. The van der Waals surface area contributed by atoms with Crippen molar-refractivity contribution in [3.63, 3.8) is 0 Å². The van der Waals surface area contributed by atoms with Crippen LogP contribution in [0, 0.1) is 12.8 Å². The van der Waals surface area contributed by atoms with Gasteiger partial charge in [0.2, 0.25) is 5.91 Å². The topological polar surface area (TPSA) is 113 Å². The number of hydrogen-bond donors (Lipinski definition) is 1. The van der Waals surface area contributed by atoms with Gasteiger partial charge in [0.1, 0.15) is 0 Å². The van der Waals surface area contributed by atoms with Crippen LogP contribution >= 0.6 is 0 Å². The molecule has 0 aliphatic carbocycles. The van der Waals surface area contributed by atoms with Crippen molar-refractivity contribution in [3.05, 3.63) is 63.6 Å². The van der Waals surface area contributed by atoms with E-state index in [0.717, 1.165) is 17.0 Å². The fourth-order valence-electron chi connectivity index (χ4n) is 4.17. The summed E-state index contributed by atoms with van der Waals surface area (Å²) in [6.07, 6.45) is -4.64. The molecule has 0 spiro atoms. The zero-order valence-electron chi connectivity index (χ0n) is 18.6. The van der Waals surface area contributed by atoms with Crippen molar-refractivity contribution < 1.29 is 37.1 Å². The molecule has 3 aromatic rings. The number of urea groups is 1. The number of benzene rings is 2. The van der Waals surface area contributed by atoms with E-state index in [1.807, 2.05) is 0 Å². The summed E-state index contributed by atoms with van der Waals surface area (Å²) in [5.74, 6) is -4.75. The monoisotopic (exact) mass is 491 g/mol. The van der Waals surface area contributed by atoms with Gasteiger partial charge in [0.15, 0.2) is 11.5 Å². The predicted molar refractivity (Wildman–Crippen MR) is 117 cm³/mol. The maximum absolute atomic E-state index is 13.3. The van der Waals surface area contributed by atoms with E-state index in [9.17, 15) is 37.5 Å². The van der Waals surface area contributed by atoms with Gasteiger partial charge in [-0.05, 0) is 43.2 Å². The Kier molecular flexibility index (Phi) is 5.91. The van der Waals surface area contributed by atoms with Crippen molar-refractivity contribution in [1.82, 2.24) is 9.47 Å². The number of hydrogen-bond acceptors (Lipinski definition) is 5. The number of halogens is 3. The summed E-state index contributed by atoms with van der Waals surface area (Å²) in [7, 11) is 0. The van der Waals surface area contributed by atoms with E-state index in [-0.39, 0.29) is 22.4 Å². The van der Waals surface area contributed by atoms with Gasteiger partial charge in [0.05, 0.1) is 17.6 Å². The predicted octanol–water partition coefficient (Wildman–Crippen LogP) is 3.61. The molecule has 12 heteroatoms. The average Bonchev–Trinajstić information content (AvgIpc) is 3.10. The van der Waals surface area contributed by atoms with E-state index in [0.29, 0.717) is 17.0 Å². The highest BCUT2D eigenvalue weighted by Crippen LogP contribution is 2.34. The second kappa shape index (κ2) is 8.60. The van der Waals surface area contributed by atoms with Gasteiger partial charge < -0.3 is 9.52 Å². The molecule has 1 unspecified atom stereocenters. The number of aryl methyl sites for hydroxylation is 1. The molecule has 0 bridgehead atoms. The first-order valence-electron chi connectivity index (χ1n) is 10.6. The van der Waals surface area contributed by atoms with Crippen LogP contribution in [-0.2, 0) is 28.9 Å². The van der Waals surface area contributed by atoms with Crippen molar-refractivity contribution in [3.8, 4) is 0 Å². The highest BCUT2D eigenvalue weighted by Gasteiger charge is 2.44. The third-order valence-corrected chi connectivity index (χ3v) is 6.05. The van der Waals surface area contributed by atoms with Gasteiger partial charge in [-0.25, -0.2) is 9.59 Å². The van der Waals surface area contributed by atoms with Crippen LogP contribution in [0.2, 0.25) is 0 Å². The molecule has 2 aromatic carbocycles. The molecule has 1 fully saturated rings. The minimum absolute atomic E-state index is 0.0500. The van der Waals surface area contributed by atoms with Crippen LogP contribution in [0.25, 0.3) is 11.1 Å². The third kappa shape index (κ3) is 4.15.